The highest BCUT2D eigenvalue weighted by molar-refractivity contribution is 7.89. The second-order valence-electron chi connectivity index (χ2n) is 5.64. The molecule has 0 aromatic heterocycles. The number of carbonyl (C=O) groups is 3. The second kappa shape index (κ2) is 7.61. The van der Waals surface area contributed by atoms with Gasteiger partial charge in [0.15, 0.2) is 6.04 Å². The number of hydrogen-bond acceptors (Lipinski definition) is 6. The first-order chi connectivity index (χ1) is 11.7. The SMILES string of the molecule is CNC(=O)C1C(=O)C(=O)CC(CNS(=O)(=O)c2cccc(Cl)c2)N1C. The lowest BCUT2D eigenvalue weighted by Gasteiger charge is -2.36. The van der Waals surface area contributed by atoms with E-state index in [2.05, 4.69) is 10.0 Å². The van der Waals surface area contributed by atoms with Crippen LogP contribution in [0.15, 0.2) is 29.2 Å². The molecule has 8 nitrogen and oxygen atoms in total. The number of sulfonamides is 1. The van der Waals surface area contributed by atoms with E-state index >= 15 is 0 Å². The lowest BCUT2D eigenvalue weighted by Crippen LogP contribution is -2.61. The van der Waals surface area contributed by atoms with E-state index < -0.39 is 39.6 Å². The Bertz CT molecular complexity index is 811. The molecule has 0 aliphatic carbocycles. The highest BCUT2D eigenvalue weighted by atomic mass is 35.5. The molecule has 1 heterocycles. The van der Waals surface area contributed by atoms with E-state index in [0.29, 0.717) is 0 Å². The fourth-order valence-corrected chi connectivity index (χ4v) is 3.96. The quantitative estimate of drug-likeness (QED) is 0.524. The van der Waals surface area contributed by atoms with Crippen LogP contribution in [0.2, 0.25) is 5.02 Å². The molecule has 0 spiro atoms. The van der Waals surface area contributed by atoms with Crippen LogP contribution in [-0.4, -0.2) is 63.5 Å². The molecule has 1 saturated heterocycles. The van der Waals surface area contributed by atoms with Gasteiger partial charge in [0, 0.05) is 31.1 Å². The summed E-state index contributed by atoms with van der Waals surface area (Å²) in [4.78, 5) is 37.1. The molecule has 2 N–H and O–H groups in total. The first kappa shape index (κ1) is 19.5. The largest absolute Gasteiger partial charge is 0.357 e. The van der Waals surface area contributed by atoms with E-state index in [1.54, 1.807) is 6.07 Å². The topological polar surface area (TPSA) is 113 Å². The van der Waals surface area contributed by atoms with Crippen molar-refractivity contribution < 1.29 is 22.8 Å². The van der Waals surface area contributed by atoms with E-state index in [1.165, 1.54) is 37.2 Å². The summed E-state index contributed by atoms with van der Waals surface area (Å²) in [6, 6.07) is 3.87. The number of nitrogens with zero attached hydrogens (tertiary/aromatic N) is 1. The molecule has 1 amide bonds. The molecule has 1 fully saturated rings. The molecule has 136 valence electrons. The number of Topliss-reactive ketones (excluding diaryl/α,β-unsaturated/α-hetero) is 2. The minimum Gasteiger partial charge on any atom is -0.357 e. The lowest BCUT2D eigenvalue weighted by molar-refractivity contribution is -0.149. The van der Waals surface area contributed by atoms with E-state index in [9.17, 15) is 22.8 Å². The molecule has 1 aliphatic rings. The Morgan fingerprint density at radius 1 is 1.36 bits per heavy atom. The smallest absolute Gasteiger partial charge is 0.245 e. The van der Waals surface area contributed by atoms with Crippen molar-refractivity contribution in [3.63, 3.8) is 0 Å². The summed E-state index contributed by atoms with van der Waals surface area (Å²) in [6.45, 7) is -0.127. The average molecular weight is 388 g/mol. The zero-order valence-electron chi connectivity index (χ0n) is 13.7. The zero-order valence-corrected chi connectivity index (χ0v) is 15.2. The maximum atomic E-state index is 12.3. The van der Waals surface area contributed by atoms with Gasteiger partial charge in [0.25, 0.3) is 0 Å². The number of hydrogen-bond donors (Lipinski definition) is 2. The molecule has 0 saturated carbocycles. The van der Waals surface area contributed by atoms with Crippen LogP contribution in [0.1, 0.15) is 6.42 Å². The average Bonchev–Trinajstić information content (AvgIpc) is 2.57. The van der Waals surface area contributed by atoms with Gasteiger partial charge in [-0.3, -0.25) is 19.3 Å². The summed E-state index contributed by atoms with van der Waals surface area (Å²) in [7, 11) is -0.975. The predicted molar refractivity (Wildman–Crippen MR) is 90.7 cm³/mol. The molecule has 25 heavy (non-hydrogen) atoms. The highest BCUT2D eigenvalue weighted by Crippen LogP contribution is 2.18. The van der Waals surface area contributed by atoms with E-state index in [4.69, 9.17) is 11.6 Å². The lowest BCUT2D eigenvalue weighted by atomic mass is 9.93. The van der Waals surface area contributed by atoms with Crippen LogP contribution in [0.25, 0.3) is 0 Å². The van der Waals surface area contributed by atoms with Gasteiger partial charge in [0.05, 0.1) is 4.90 Å². The first-order valence-electron chi connectivity index (χ1n) is 7.43. The molecule has 2 unspecified atom stereocenters. The van der Waals surface area contributed by atoms with Crippen molar-refractivity contribution in [2.24, 2.45) is 0 Å². The first-order valence-corrected chi connectivity index (χ1v) is 9.29. The minimum absolute atomic E-state index is 0.0104. The third-order valence-electron chi connectivity index (χ3n) is 4.04. The van der Waals surface area contributed by atoms with Crippen molar-refractivity contribution in [2.75, 3.05) is 20.6 Å². The number of likely N-dealkylation sites (tertiary alicyclic amines) is 1. The normalized spacial score (nSPS) is 22.0. The Kier molecular flexibility index (Phi) is 5.94. The van der Waals surface area contributed by atoms with Crippen molar-refractivity contribution in [1.82, 2.24) is 14.9 Å². The van der Waals surface area contributed by atoms with Gasteiger partial charge in [0.2, 0.25) is 27.5 Å². The molecular weight excluding hydrogens is 370 g/mol. The number of carbonyl (C=O) groups excluding carboxylic acids is 3. The summed E-state index contributed by atoms with van der Waals surface area (Å²) < 4.78 is 27.1. The van der Waals surface area contributed by atoms with Gasteiger partial charge in [-0.1, -0.05) is 17.7 Å². The minimum atomic E-state index is -3.84. The number of ketones is 2. The molecule has 1 aliphatic heterocycles. The van der Waals surface area contributed by atoms with Crippen LogP contribution in [-0.2, 0) is 24.4 Å². The van der Waals surface area contributed by atoms with E-state index in [-0.39, 0.29) is 22.9 Å². The van der Waals surface area contributed by atoms with Gasteiger partial charge in [0.1, 0.15) is 0 Å². The summed E-state index contributed by atoms with van der Waals surface area (Å²) in [5.74, 6) is -2.10. The van der Waals surface area contributed by atoms with E-state index in [0.717, 1.165) is 0 Å². The Labute approximate surface area is 150 Å². The molecular formula is C15H18ClN3O5S. The Morgan fingerprint density at radius 2 is 2.04 bits per heavy atom. The van der Waals surface area contributed by atoms with Gasteiger partial charge >= 0.3 is 0 Å². The molecule has 0 radical (unpaired) electrons. The number of halogens is 1. The Hall–Kier alpha value is -1.81. The summed E-state index contributed by atoms with van der Waals surface area (Å²) >= 11 is 5.80. The third kappa shape index (κ3) is 4.24. The van der Waals surface area contributed by atoms with Crippen LogP contribution in [0.3, 0.4) is 0 Å². The Balaban J connectivity index is 2.15. The Morgan fingerprint density at radius 3 is 2.64 bits per heavy atom. The van der Waals surface area contributed by atoms with E-state index in [1.807, 2.05) is 0 Å². The maximum Gasteiger partial charge on any atom is 0.245 e. The monoisotopic (exact) mass is 387 g/mol. The van der Waals surface area contributed by atoms with Crippen LogP contribution in [0.5, 0.6) is 0 Å². The van der Waals surface area contributed by atoms with Crippen molar-refractivity contribution in [2.45, 2.75) is 23.4 Å². The number of piperidine rings is 1. The summed E-state index contributed by atoms with van der Waals surface area (Å²) in [5.41, 5.74) is 0. The fraction of sp³-hybridized carbons (Fsp3) is 0.400. The number of benzene rings is 1. The van der Waals surface area contributed by atoms with Gasteiger partial charge in [-0.05, 0) is 25.2 Å². The third-order valence-corrected chi connectivity index (χ3v) is 5.69. The molecule has 1 aromatic carbocycles. The van der Waals surface area contributed by atoms with Crippen molar-refractivity contribution in [3.05, 3.63) is 29.3 Å². The van der Waals surface area contributed by atoms with Gasteiger partial charge < -0.3 is 5.32 Å². The van der Waals surface area contributed by atoms with Crippen LogP contribution >= 0.6 is 11.6 Å². The van der Waals surface area contributed by atoms with Gasteiger partial charge in [-0.25, -0.2) is 13.1 Å². The van der Waals surface area contributed by atoms with Gasteiger partial charge in [-0.2, -0.15) is 0 Å². The predicted octanol–water partition coefficient (Wildman–Crippen LogP) is -0.425. The van der Waals surface area contributed by atoms with Crippen molar-refractivity contribution in [3.8, 4) is 0 Å². The molecule has 2 atom stereocenters. The van der Waals surface area contributed by atoms with Crippen molar-refractivity contribution >= 4 is 39.1 Å². The number of nitrogens with one attached hydrogen (secondary N) is 2. The highest BCUT2D eigenvalue weighted by Gasteiger charge is 2.43. The number of amides is 1. The summed E-state index contributed by atoms with van der Waals surface area (Å²) in [6.07, 6.45) is -0.166. The van der Waals surface area contributed by atoms with Crippen LogP contribution in [0, 0.1) is 0 Å². The van der Waals surface area contributed by atoms with Crippen molar-refractivity contribution in [1.29, 1.82) is 0 Å². The maximum absolute atomic E-state index is 12.3. The molecule has 2 rings (SSSR count). The standard InChI is InChI=1S/C15H18ClN3O5S/c1-17-15(22)13-14(21)12(20)7-10(19(13)2)8-18-25(23,24)11-5-3-4-9(16)6-11/h3-6,10,13,18H,7-8H2,1-2H3,(H,17,22). The molecule has 10 heteroatoms. The molecule has 1 aromatic rings. The zero-order chi connectivity index (χ0) is 18.8. The molecule has 0 bridgehead atoms. The second-order valence-corrected chi connectivity index (χ2v) is 7.84. The van der Waals surface area contributed by atoms with Crippen LogP contribution in [0.4, 0.5) is 0 Å². The van der Waals surface area contributed by atoms with Crippen LogP contribution < -0.4 is 10.0 Å². The number of likely N-dealkylation sites (N-methyl/N-ethyl adjacent to an activating group) is 2. The summed E-state index contributed by atoms with van der Waals surface area (Å²) in [5, 5.41) is 2.61. The fourth-order valence-electron chi connectivity index (χ4n) is 2.59. The number of rotatable bonds is 5. The van der Waals surface area contributed by atoms with Gasteiger partial charge in [-0.15, -0.1) is 0 Å².